The Morgan fingerprint density at radius 3 is 2.74 bits per heavy atom. The highest BCUT2D eigenvalue weighted by Gasteiger charge is 2.20. The molecule has 1 aromatic carbocycles. The summed E-state index contributed by atoms with van der Waals surface area (Å²) in [5.74, 6) is 1.03. The van der Waals surface area contributed by atoms with Crippen molar-refractivity contribution in [3.8, 4) is 5.75 Å². The monoisotopic (exact) mass is 318 g/mol. The summed E-state index contributed by atoms with van der Waals surface area (Å²) in [5, 5.41) is 6.56. The molecular weight excluding hydrogens is 296 g/mol. The SMILES string of the molecule is COCCNC(=O)c1noc(C)c1COc1ccc(C)c(C)c1. The zero-order valence-corrected chi connectivity index (χ0v) is 13.9. The van der Waals surface area contributed by atoms with Gasteiger partial charge in [0.15, 0.2) is 5.69 Å². The van der Waals surface area contributed by atoms with E-state index >= 15 is 0 Å². The molecule has 0 atom stereocenters. The first kappa shape index (κ1) is 17.0. The summed E-state index contributed by atoms with van der Waals surface area (Å²) in [4.78, 5) is 12.1. The van der Waals surface area contributed by atoms with E-state index in [1.54, 1.807) is 14.0 Å². The van der Waals surface area contributed by atoms with E-state index < -0.39 is 0 Å². The first-order chi connectivity index (χ1) is 11.0. The lowest BCUT2D eigenvalue weighted by atomic mass is 10.1. The van der Waals surface area contributed by atoms with E-state index in [1.165, 1.54) is 5.56 Å². The highest BCUT2D eigenvalue weighted by Crippen LogP contribution is 2.20. The molecule has 2 rings (SSSR count). The lowest BCUT2D eigenvalue weighted by molar-refractivity contribution is 0.0926. The largest absolute Gasteiger partial charge is 0.489 e. The number of hydrogen-bond donors (Lipinski definition) is 1. The number of ether oxygens (including phenoxy) is 2. The summed E-state index contributed by atoms with van der Waals surface area (Å²) in [6, 6.07) is 5.88. The van der Waals surface area contributed by atoms with Crippen molar-refractivity contribution < 1.29 is 18.8 Å². The van der Waals surface area contributed by atoms with Gasteiger partial charge in [0.2, 0.25) is 0 Å². The van der Waals surface area contributed by atoms with Gasteiger partial charge < -0.3 is 19.3 Å². The Morgan fingerprint density at radius 1 is 1.26 bits per heavy atom. The molecule has 0 bridgehead atoms. The van der Waals surface area contributed by atoms with Crippen LogP contribution in [0.2, 0.25) is 0 Å². The van der Waals surface area contributed by atoms with Crippen LogP contribution < -0.4 is 10.1 Å². The molecule has 1 N–H and O–H groups in total. The molecule has 0 fully saturated rings. The number of nitrogens with one attached hydrogen (secondary N) is 1. The first-order valence-corrected chi connectivity index (χ1v) is 7.45. The fourth-order valence-corrected chi connectivity index (χ4v) is 2.05. The normalized spacial score (nSPS) is 10.6. The molecule has 2 aromatic rings. The Kier molecular flexibility index (Phi) is 5.76. The highest BCUT2D eigenvalue weighted by molar-refractivity contribution is 5.93. The van der Waals surface area contributed by atoms with Crippen LogP contribution >= 0.6 is 0 Å². The van der Waals surface area contributed by atoms with Gasteiger partial charge in [0, 0.05) is 13.7 Å². The van der Waals surface area contributed by atoms with Crippen LogP contribution in [0, 0.1) is 20.8 Å². The van der Waals surface area contributed by atoms with Crippen molar-refractivity contribution in [1.29, 1.82) is 0 Å². The number of carbonyl (C=O) groups excluding carboxylic acids is 1. The summed E-state index contributed by atoms with van der Waals surface area (Å²) in [5.41, 5.74) is 3.26. The number of hydrogen-bond acceptors (Lipinski definition) is 5. The molecule has 1 amide bonds. The fraction of sp³-hybridized carbons (Fsp3) is 0.412. The molecular formula is C17H22N2O4. The van der Waals surface area contributed by atoms with E-state index in [2.05, 4.69) is 10.5 Å². The molecule has 23 heavy (non-hydrogen) atoms. The van der Waals surface area contributed by atoms with Crippen LogP contribution in [0.15, 0.2) is 22.7 Å². The topological polar surface area (TPSA) is 73.6 Å². The van der Waals surface area contributed by atoms with Gasteiger partial charge in [-0.15, -0.1) is 0 Å². The van der Waals surface area contributed by atoms with Gasteiger partial charge in [-0.2, -0.15) is 0 Å². The molecule has 0 aliphatic carbocycles. The average Bonchev–Trinajstić information content (AvgIpc) is 2.89. The standard InChI is InChI=1S/C17H22N2O4/c1-11-5-6-14(9-12(11)2)22-10-15-13(3)23-19-16(15)17(20)18-7-8-21-4/h5-6,9H,7-8,10H2,1-4H3,(H,18,20). The third kappa shape index (κ3) is 4.32. The lowest BCUT2D eigenvalue weighted by Crippen LogP contribution is -2.28. The third-order valence-electron chi connectivity index (χ3n) is 3.65. The number of methoxy groups -OCH3 is 1. The van der Waals surface area contributed by atoms with Gasteiger partial charge in [-0.05, 0) is 44.0 Å². The minimum atomic E-state index is -0.294. The molecule has 0 saturated heterocycles. The van der Waals surface area contributed by atoms with Crippen LogP contribution in [0.3, 0.4) is 0 Å². The third-order valence-corrected chi connectivity index (χ3v) is 3.65. The molecule has 1 heterocycles. The summed E-state index contributed by atoms with van der Waals surface area (Å²) < 4.78 is 15.8. The van der Waals surface area contributed by atoms with E-state index in [0.717, 1.165) is 11.3 Å². The summed E-state index contributed by atoms with van der Waals surface area (Å²) in [6.45, 7) is 6.92. The van der Waals surface area contributed by atoms with Crippen LogP contribution in [-0.2, 0) is 11.3 Å². The molecule has 0 aliphatic heterocycles. The Morgan fingerprint density at radius 2 is 2.04 bits per heavy atom. The van der Waals surface area contributed by atoms with Crippen molar-refractivity contribution in [2.75, 3.05) is 20.3 Å². The van der Waals surface area contributed by atoms with Crippen LogP contribution in [0.5, 0.6) is 5.75 Å². The molecule has 0 aliphatic rings. The number of carbonyl (C=O) groups is 1. The van der Waals surface area contributed by atoms with E-state index in [4.69, 9.17) is 14.0 Å². The highest BCUT2D eigenvalue weighted by atomic mass is 16.5. The van der Waals surface area contributed by atoms with Crippen molar-refractivity contribution >= 4 is 5.91 Å². The Hall–Kier alpha value is -2.34. The predicted molar refractivity (Wildman–Crippen MR) is 85.7 cm³/mol. The van der Waals surface area contributed by atoms with Crippen LogP contribution in [0.1, 0.15) is 32.9 Å². The Labute approximate surface area is 135 Å². The van der Waals surface area contributed by atoms with Gasteiger partial charge in [0.05, 0.1) is 12.2 Å². The fourth-order valence-electron chi connectivity index (χ4n) is 2.05. The smallest absolute Gasteiger partial charge is 0.273 e. The van der Waals surface area contributed by atoms with Gasteiger partial charge >= 0.3 is 0 Å². The minimum absolute atomic E-state index is 0.227. The number of aryl methyl sites for hydroxylation is 3. The summed E-state index contributed by atoms with van der Waals surface area (Å²) in [6.07, 6.45) is 0. The maximum Gasteiger partial charge on any atom is 0.273 e. The Bertz CT molecular complexity index is 679. The number of benzene rings is 1. The quantitative estimate of drug-likeness (QED) is 0.794. The minimum Gasteiger partial charge on any atom is -0.489 e. The van der Waals surface area contributed by atoms with Crippen molar-refractivity contribution in [1.82, 2.24) is 10.5 Å². The number of nitrogens with zero attached hydrogens (tertiary/aromatic N) is 1. The molecule has 0 unspecified atom stereocenters. The zero-order valence-electron chi connectivity index (χ0n) is 13.9. The number of amides is 1. The van der Waals surface area contributed by atoms with Gasteiger partial charge in [-0.3, -0.25) is 4.79 Å². The number of rotatable bonds is 7. The summed E-state index contributed by atoms with van der Waals surface area (Å²) >= 11 is 0. The number of aromatic nitrogens is 1. The van der Waals surface area contributed by atoms with Crippen LogP contribution in [-0.4, -0.2) is 31.3 Å². The van der Waals surface area contributed by atoms with E-state index in [1.807, 2.05) is 32.0 Å². The van der Waals surface area contributed by atoms with E-state index in [-0.39, 0.29) is 18.2 Å². The van der Waals surface area contributed by atoms with Crippen LogP contribution in [0.4, 0.5) is 0 Å². The maximum atomic E-state index is 12.1. The predicted octanol–water partition coefficient (Wildman–Crippen LogP) is 2.56. The maximum absolute atomic E-state index is 12.1. The first-order valence-electron chi connectivity index (χ1n) is 7.45. The molecule has 0 spiro atoms. The van der Waals surface area contributed by atoms with E-state index in [9.17, 15) is 4.79 Å². The second-order valence-electron chi connectivity index (χ2n) is 5.35. The van der Waals surface area contributed by atoms with Gasteiger partial charge in [0.25, 0.3) is 5.91 Å². The average molecular weight is 318 g/mol. The second-order valence-corrected chi connectivity index (χ2v) is 5.35. The second kappa shape index (κ2) is 7.78. The van der Waals surface area contributed by atoms with Crippen molar-refractivity contribution in [3.05, 3.63) is 46.3 Å². The Balaban J connectivity index is 2.06. The van der Waals surface area contributed by atoms with Crippen LogP contribution in [0.25, 0.3) is 0 Å². The van der Waals surface area contributed by atoms with Gasteiger partial charge in [-0.1, -0.05) is 11.2 Å². The zero-order chi connectivity index (χ0) is 16.8. The van der Waals surface area contributed by atoms with Gasteiger partial charge in [-0.25, -0.2) is 0 Å². The van der Waals surface area contributed by atoms with Crippen molar-refractivity contribution in [3.63, 3.8) is 0 Å². The van der Waals surface area contributed by atoms with Crippen molar-refractivity contribution in [2.24, 2.45) is 0 Å². The lowest BCUT2D eigenvalue weighted by Gasteiger charge is -2.09. The van der Waals surface area contributed by atoms with Crippen molar-refractivity contribution in [2.45, 2.75) is 27.4 Å². The molecule has 0 radical (unpaired) electrons. The molecule has 0 saturated carbocycles. The summed E-state index contributed by atoms with van der Waals surface area (Å²) in [7, 11) is 1.58. The molecule has 6 heteroatoms. The van der Waals surface area contributed by atoms with E-state index in [0.29, 0.717) is 24.5 Å². The molecule has 6 nitrogen and oxygen atoms in total. The molecule has 124 valence electrons. The van der Waals surface area contributed by atoms with Gasteiger partial charge in [0.1, 0.15) is 18.1 Å². The molecule has 1 aromatic heterocycles.